The molecule has 1 saturated carbocycles. The number of piperidine rings is 1. The molecule has 1 heterocycles. The van der Waals surface area contributed by atoms with E-state index in [1.165, 1.54) is 0 Å². The third-order valence-electron chi connectivity index (χ3n) is 5.40. The molecule has 5 atom stereocenters. The van der Waals surface area contributed by atoms with Gasteiger partial charge in [0.15, 0.2) is 0 Å². The predicted molar refractivity (Wildman–Crippen MR) is 76.4 cm³/mol. The molecule has 21 heavy (non-hydrogen) atoms. The van der Waals surface area contributed by atoms with Gasteiger partial charge in [0, 0.05) is 19.2 Å². The van der Waals surface area contributed by atoms with E-state index in [2.05, 4.69) is 0 Å². The first-order chi connectivity index (χ1) is 10.1. The summed E-state index contributed by atoms with van der Waals surface area (Å²) in [5.41, 5.74) is 0. The number of carboxylic acids is 1. The summed E-state index contributed by atoms with van der Waals surface area (Å²) >= 11 is 0. The van der Waals surface area contributed by atoms with Crippen LogP contribution in [0.4, 0.5) is 0 Å². The van der Waals surface area contributed by atoms with Gasteiger partial charge < -0.3 is 15.1 Å². The molecule has 0 aromatic heterocycles. The summed E-state index contributed by atoms with van der Waals surface area (Å²) in [4.78, 5) is 26.3. The Hall–Kier alpha value is -1.36. The van der Waals surface area contributed by atoms with Gasteiger partial charge in [-0.2, -0.15) is 0 Å². The minimum Gasteiger partial charge on any atom is -0.481 e. The highest BCUT2D eigenvalue weighted by atomic mass is 16.4. The summed E-state index contributed by atoms with van der Waals surface area (Å²) < 4.78 is 0. The van der Waals surface area contributed by atoms with Crippen molar-refractivity contribution in [2.75, 3.05) is 13.2 Å². The number of amides is 1. The molecule has 0 aromatic carbocycles. The van der Waals surface area contributed by atoms with E-state index in [9.17, 15) is 19.8 Å². The average molecular weight is 293 g/mol. The van der Waals surface area contributed by atoms with Crippen LogP contribution in [-0.2, 0) is 9.59 Å². The molecule has 3 aliphatic rings. The SMILES string of the molecule is O=C(O)[C@@H]1C2C=CC(C2)[C@@H]1C(=O)N1CCCCC1CCO. The van der Waals surface area contributed by atoms with Gasteiger partial charge in [-0.3, -0.25) is 9.59 Å². The van der Waals surface area contributed by atoms with Gasteiger partial charge in [0.1, 0.15) is 0 Å². The van der Waals surface area contributed by atoms with Crippen molar-refractivity contribution in [1.29, 1.82) is 0 Å². The Labute approximate surface area is 124 Å². The van der Waals surface area contributed by atoms with Gasteiger partial charge in [-0.25, -0.2) is 0 Å². The smallest absolute Gasteiger partial charge is 0.307 e. The summed E-state index contributed by atoms with van der Waals surface area (Å²) in [6, 6.07) is 0.0776. The van der Waals surface area contributed by atoms with Crippen molar-refractivity contribution in [3.63, 3.8) is 0 Å². The Bertz CT molecular complexity index is 459. The van der Waals surface area contributed by atoms with Crippen LogP contribution in [-0.4, -0.2) is 46.2 Å². The van der Waals surface area contributed by atoms with Crippen LogP contribution < -0.4 is 0 Å². The third-order valence-corrected chi connectivity index (χ3v) is 5.40. The molecule has 0 aromatic rings. The van der Waals surface area contributed by atoms with E-state index in [-0.39, 0.29) is 30.4 Å². The minimum absolute atomic E-state index is 0.00241. The zero-order valence-electron chi connectivity index (χ0n) is 12.1. The number of carbonyl (C=O) groups is 2. The van der Waals surface area contributed by atoms with Crippen molar-refractivity contribution in [2.45, 2.75) is 38.1 Å². The van der Waals surface area contributed by atoms with Crippen LogP contribution in [0.3, 0.4) is 0 Å². The van der Waals surface area contributed by atoms with Crippen molar-refractivity contribution in [3.05, 3.63) is 12.2 Å². The lowest BCUT2D eigenvalue weighted by Crippen LogP contribution is -2.49. The Morgan fingerprint density at radius 1 is 1.14 bits per heavy atom. The molecule has 5 nitrogen and oxygen atoms in total. The molecule has 2 N–H and O–H groups in total. The van der Waals surface area contributed by atoms with E-state index in [1.807, 2.05) is 17.1 Å². The largest absolute Gasteiger partial charge is 0.481 e. The number of aliphatic carboxylic acids is 1. The fourth-order valence-electron chi connectivity index (χ4n) is 4.43. The van der Waals surface area contributed by atoms with Gasteiger partial charge in [0.25, 0.3) is 0 Å². The van der Waals surface area contributed by atoms with Crippen LogP contribution in [0.1, 0.15) is 32.1 Å². The van der Waals surface area contributed by atoms with Crippen LogP contribution in [0.2, 0.25) is 0 Å². The number of nitrogens with zero attached hydrogens (tertiary/aromatic N) is 1. The predicted octanol–water partition coefficient (Wildman–Crippen LogP) is 1.27. The van der Waals surface area contributed by atoms with E-state index in [0.717, 1.165) is 25.7 Å². The summed E-state index contributed by atoms with van der Waals surface area (Å²) in [6.45, 7) is 0.779. The van der Waals surface area contributed by atoms with Gasteiger partial charge in [-0.1, -0.05) is 12.2 Å². The minimum atomic E-state index is -0.846. The lowest BCUT2D eigenvalue weighted by atomic mass is 9.81. The number of carbonyl (C=O) groups excluding carboxylic acids is 1. The molecule has 2 bridgehead atoms. The number of rotatable bonds is 4. The first-order valence-corrected chi connectivity index (χ1v) is 7.96. The number of hydrogen-bond donors (Lipinski definition) is 2. The van der Waals surface area contributed by atoms with Crippen molar-refractivity contribution in [1.82, 2.24) is 4.90 Å². The number of aliphatic hydroxyl groups excluding tert-OH is 1. The molecule has 2 aliphatic carbocycles. The third kappa shape index (κ3) is 2.48. The van der Waals surface area contributed by atoms with Gasteiger partial charge in [0.2, 0.25) is 5.91 Å². The van der Waals surface area contributed by atoms with E-state index in [0.29, 0.717) is 13.0 Å². The van der Waals surface area contributed by atoms with Crippen LogP contribution in [0.15, 0.2) is 12.2 Å². The number of hydrogen-bond acceptors (Lipinski definition) is 3. The van der Waals surface area contributed by atoms with E-state index in [4.69, 9.17) is 0 Å². The first-order valence-electron chi connectivity index (χ1n) is 7.96. The molecule has 1 aliphatic heterocycles. The van der Waals surface area contributed by atoms with E-state index in [1.54, 1.807) is 0 Å². The second-order valence-corrected chi connectivity index (χ2v) is 6.53. The Balaban J connectivity index is 1.80. The molecule has 1 amide bonds. The van der Waals surface area contributed by atoms with Crippen LogP contribution in [0, 0.1) is 23.7 Å². The van der Waals surface area contributed by atoms with Crippen molar-refractivity contribution < 1.29 is 19.8 Å². The molecular formula is C16H23NO4. The van der Waals surface area contributed by atoms with Crippen molar-refractivity contribution in [3.8, 4) is 0 Å². The molecule has 116 valence electrons. The topological polar surface area (TPSA) is 77.8 Å². The number of fused-ring (bicyclic) bond motifs is 2. The van der Waals surface area contributed by atoms with Crippen LogP contribution in [0.25, 0.3) is 0 Å². The summed E-state index contributed by atoms with van der Waals surface area (Å²) in [5, 5.41) is 18.7. The molecule has 0 radical (unpaired) electrons. The van der Waals surface area contributed by atoms with Crippen molar-refractivity contribution in [2.24, 2.45) is 23.7 Å². The average Bonchev–Trinajstić information content (AvgIpc) is 3.08. The Morgan fingerprint density at radius 2 is 1.86 bits per heavy atom. The molecule has 0 spiro atoms. The fourth-order valence-corrected chi connectivity index (χ4v) is 4.43. The molecular weight excluding hydrogens is 270 g/mol. The molecule has 1 saturated heterocycles. The molecule has 3 rings (SSSR count). The van der Waals surface area contributed by atoms with Gasteiger partial charge >= 0.3 is 5.97 Å². The highest BCUT2D eigenvalue weighted by Crippen LogP contribution is 2.49. The highest BCUT2D eigenvalue weighted by molar-refractivity contribution is 5.87. The second kappa shape index (κ2) is 5.79. The number of aliphatic hydroxyl groups is 1. The number of likely N-dealkylation sites (tertiary alicyclic amines) is 1. The summed E-state index contributed by atoms with van der Waals surface area (Å²) in [5.74, 6) is -1.72. The van der Waals surface area contributed by atoms with Gasteiger partial charge in [-0.15, -0.1) is 0 Å². The fraction of sp³-hybridized carbons (Fsp3) is 0.750. The first kappa shape index (κ1) is 14.6. The maximum Gasteiger partial charge on any atom is 0.307 e. The Morgan fingerprint density at radius 3 is 2.52 bits per heavy atom. The van der Waals surface area contributed by atoms with Gasteiger partial charge in [0.05, 0.1) is 11.8 Å². The molecule has 3 unspecified atom stereocenters. The molecule has 2 fully saturated rings. The number of carboxylic acid groups (broad SMARTS) is 1. The summed E-state index contributed by atoms with van der Waals surface area (Å²) in [7, 11) is 0. The van der Waals surface area contributed by atoms with Gasteiger partial charge in [-0.05, 0) is 43.9 Å². The zero-order valence-corrected chi connectivity index (χ0v) is 12.1. The maximum atomic E-state index is 12.9. The quantitative estimate of drug-likeness (QED) is 0.765. The van der Waals surface area contributed by atoms with Crippen LogP contribution >= 0.6 is 0 Å². The highest BCUT2D eigenvalue weighted by Gasteiger charge is 2.53. The van der Waals surface area contributed by atoms with E-state index < -0.39 is 17.8 Å². The standard InChI is InChI=1S/C16H23NO4/c18-8-6-12-3-1-2-7-17(12)15(19)13-10-4-5-11(9-10)14(13)16(20)21/h4-5,10-14,18H,1-3,6-9H2,(H,20,21)/t10?,11?,12?,13-,14+/m0/s1. The Kier molecular flexibility index (Phi) is 4.02. The molecule has 5 heteroatoms. The maximum absolute atomic E-state index is 12.9. The summed E-state index contributed by atoms with van der Waals surface area (Å²) in [6.07, 6.45) is 8.36. The normalized spacial score (nSPS) is 38.0. The number of allylic oxidation sites excluding steroid dienone is 2. The van der Waals surface area contributed by atoms with E-state index >= 15 is 0 Å². The lowest BCUT2D eigenvalue weighted by Gasteiger charge is -2.39. The van der Waals surface area contributed by atoms with Crippen LogP contribution in [0.5, 0.6) is 0 Å². The monoisotopic (exact) mass is 293 g/mol. The zero-order chi connectivity index (χ0) is 15.0. The second-order valence-electron chi connectivity index (χ2n) is 6.53. The van der Waals surface area contributed by atoms with Crippen molar-refractivity contribution >= 4 is 11.9 Å². The lowest BCUT2D eigenvalue weighted by molar-refractivity contribution is -0.152.